The zero-order valence-electron chi connectivity index (χ0n) is 13.2. The lowest BCUT2D eigenvalue weighted by atomic mass is 9.97. The highest BCUT2D eigenvalue weighted by atomic mass is 16.6. The van der Waals surface area contributed by atoms with Crippen LogP contribution < -0.4 is 5.43 Å². The fraction of sp³-hybridized carbons (Fsp3) is 0.118. The first-order valence-electron chi connectivity index (χ1n) is 7.40. The molecule has 25 heavy (non-hydrogen) atoms. The first-order valence-corrected chi connectivity index (χ1v) is 7.40. The third-order valence-corrected chi connectivity index (χ3v) is 3.54. The molecule has 8 nitrogen and oxygen atoms in total. The topological polar surface area (TPSA) is 111 Å². The number of hydrazone groups is 1. The minimum Gasteiger partial charge on any atom is -0.272 e. The smallest absolute Gasteiger partial charge is 0.272 e. The average Bonchev–Trinajstić information content (AvgIpc) is 2.62. The van der Waals surface area contributed by atoms with Crippen LogP contribution in [-0.2, 0) is 0 Å². The van der Waals surface area contributed by atoms with E-state index < -0.39 is 15.5 Å². The molecule has 0 aliphatic carbocycles. The van der Waals surface area contributed by atoms with Gasteiger partial charge in [-0.05, 0) is 18.1 Å². The van der Waals surface area contributed by atoms with Crippen LogP contribution in [0.15, 0.2) is 66.3 Å². The summed E-state index contributed by atoms with van der Waals surface area (Å²) in [6.07, 6.45) is 3.95. The van der Waals surface area contributed by atoms with Gasteiger partial charge in [0.05, 0.1) is 15.9 Å². The van der Waals surface area contributed by atoms with Gasteiger partial charge in [-0.1, -0.05) is 36.4 Å². The molecule has 2 aromatic rings. The van der Waals surface area contributed by atoms with Crippen LogP contribution in [0.25, 0.3) is 0 Å². The summed E-state index contributed by atoms with van der Waals surface area (Å²) in [6.45, 7) is 3.80. The Morgan fingerprint density at radius 1 is 1.12 bits per heavy atom. The highest BCUT2D eigenvalue weighted by Gasteiger charge is 2.19. The maximum Gasteiger partial charge on any atom is 0.301 e. The molecule has 0 aromatic heterocycles. The van der Waals surface area contributed by atoms with E-state index in [0.29, 0.717) is 6.42 Å². The Labute approximate surface area is 143 Å². The number of nitro benzene ring substituents is 2. The Morgan fingerprint density at radius 2 is 1.84 bits per heavy atom. The average molecular weight is 340 g/mol. The second kappa shape index (κ2) is 8.34. The van der Waals surface area contributed by atoms with Crippen molar-refractivity contribution in [1.29, 1.82) is 0 Å². The molecular formula is C17H16N4O4. The minimum absolute atomic E-state index is 0.0681. The Morgan fingerprint density at radius 3 is 2.44 bits per heavy atom. The molecule has 0 fully saturated rings. The number of benzene rings is 2. The summed E-state index contributed by atoms with van der Waals surface area (Å²) in [6, 6.07) is 13.1. The van der Waals surface area contributed by atoms with Crippen molar-refractivity contribution in [3.63, 3.8) is 0 Å². The number of non-ortho nitro benzene ring substituents is 1. The lowest BCUT2D eigenvalue weighted by Crippen LogP contribution is -2.00. The van der Waals surface area contributed by atoms with Crippen LogP contribution >= 0.6 is 0 Å². The normalized spacial score (nSPS) is 11.8. The summed E-state index contributed by atoms with van der Waals surface area (Å²) in [5, 5.41) is 25.7. The summed E-state index contributed by atoms with van der Waals surface area (Å²) < 4.78 is 0. The predicted molar refractivity (Wildman–Crippen MR) is 95.9 cm³/mol. The van der Waals surface area contributed by atoms with Gasteiger partial charge in [0.1, 0.15) is 5.69 Å². The van der Waals surface area contributed by atoms with E-state index in [4.69, 9.17) is 0 Å². The number of rotatable bonds is 8. The van der Waals surface area contributed by atoms with Crippen molar-refractivity contribution in [2.24, 2.45) is 5.10 Å². The highest BCUT2D eigenvalue weighted by Crippen LogP contribution is 2.29. The number of allylic oxidation sites excluding steroid dienone is 1. The molecule has 0 spiro atoms. The van der Waals surface area contributed by atoms with Gasteiger partial charge in [-0.25, -0.2) is 0 Å². The van der Waals surface area contributed by atoms with Crippen LogP contribution in [0.5, 0.6) is 0 Å². The van der Waals surface area contributed by atoms with Crippen LogP contribution in [0.4, 0.5) is 17.1 Å². The molecule has 2 aromatic carbocycles. The summed E-state index contributed by atoms with van der Waals surface area (Å²) >= 11 is 0. The number of anilines is 1. The number of hydrogen-bond donors (Lipinski definition) is 1. The molecule has 2 rings (SSSR count). The number of nitrogens with zero attached hydrogens (tertiary/aromatic N) is 3. The maximum atomic E-state index is 11.0. The molecule has 0 aliphatic rings. The van der Waals surface area contributed by atoms with Crippen molar-refractivity contribution in [1.82, 2.24) is 0 Å². The van der Waals surface area contributed by atoms with E-state index >= 15 is 0 Å². The van der Waals surface area contributed by atoms with Crippen molar-refractivity contribution in [2.75, 3.05) is 5.43 Å². The highest BCUT2D eigenvalue weighted by molar-refractivity contribution is 5.67. The van der Waals surface area contributed by atoms with E-state index in [0.717, 1.165) is 11.6 Å². The summed E-state index contributed by atoms with van der Waals surface area (Å²) in [5.74, 6) is 0.0681. The van der Waals surface area contributed by atoms with Gasteiger partial charge in [0.15, 0.2) is 0 Å². The zero-order chi connectivity index (χ0) is 18.2. The molecule has 1 atom stereocenters. The molecule has 128 valence electrons. The van der Waals surface area contributed by atoms with Gasteiger partial charge < -0.3 is 0 Å². The minimum atomic E-state index is -0.693. The van der Waals surface area contributed by atoms with E-state index in [1.54, 1.807) is 12.3 Å². The SMILES string of the molecule is C=C[C@H](C/C=N\Nc1ccc([N+](=O)[O-])cc1[N+](=O)[O-])c1ccccc1. The molecular weight excluding hydrogens is 324 g/mol. The summed E-state index contributed by atoms with van der Waals surface area (Å²) in [5.41, 5.74) is 2.98. The molecule has 0 unspecified atom stereocenters. The molecule has 0 heterocycles. The van der Waals surface area contributed by atoms with Gasteiger partial charge in [0, 0.05) is 18.2 Å². The molecule has 1 N–H and O–H groups in total. The first-order chi connectivity index (χ1) is 12.0. The van der Waals surface area contributed by atoms with Crippen molar-refractivity contribution in [2.45, 2.75) is 12.3 Å². The van der Waals surface area contributed by atoms with Crippen LogP contribution in [-0.4, -0.2) is 16.1 Å². The van der Waals surface area contributed by atoms with Gasteiger partial charge >= 0.3 is 5.69 Å². The second-order valence-corrected chi connectivity index (χ2v) is 5.13. The second-order valence-electron chi connectivity index (χ2n) is 5.13. The third kappa shape index (κ3) is 4.71. The number of nitro groups is 2. The van der Waals surface area contributed by atoms with Crippen molar-refractivity contribution >= 4 is 23.3 Å². The van der Waals surface area contributed by atoms with Crippen LogP contribution in [0, 0.1) is 20.2 Å². The number of nitrogens with one attached hydrogen (secondary N) is 1. The standard InChI is InChI=1S/C17H16N4O4/c1-2-13(14-6-4-3-5-7-14)10-11-18-19-16-9-8-15(20(22)23)12-17(16)21(24)25/h2-9,11-13,19H,1,10H2/b18-11-/t13-/m1/s1. The first kappa shape index (κ1) is 17.8. The van der Waals surface area contributed by atoms with Crippen LogP contribution in [0.3, 0.4) is 0 Å². The molecule has 0 radical (unpaired) electrons. The van der Waals surface area contributed by atoms with Crippen molar-refractivity contribution in [3.05, 3.63) is 87.0 Å². The molecule has 0 saturated carbocycles. The third-order valence-electron chi connectivity index (χ3n) is 3.54. The fourth-order valence-corrected chi connectivity index (χ4v) is 2.23. The van der Waals surface area contributed by atoms with E-state index in [2.05, 4.69) is 17.1 Å². The lowest BCUT2D eigenvalue weighted by molar-refractivity contribution is -0.393. The van der Waals surface area contributed by atoms with E-state index in [-0.39, 0.29) is 17.3 Å². The van der Waals surface area contributed by atoms with Crippen LogP contribution in [0.2, 0.25) is 0 Å². The largest absolute Gasteiger partial charge is 0.301 e. The molecule has 0 saturated heterocycles. The van der Waals surface area contributed by atoms with Crippen LogP contribution in [0.1, 0.15) is 17.9 Å². The predicted octanol–water partition coefficient (Wildman–Crippen LogP) is 4.26. The lowest BCUT2D eigenvalue weighted by Gasteiger charge is -2.09. The molecule has 8 heteroatoms. The Bertz CT molecular complexity index is 806. The van der Waals surface area contributed by atoms with Crippen molar-refractivity contribution < 1.29 is 9.85 Å². The fourth-order valence-electron chi connectivity index (χ4n) is 2.23. The van der Waals surface area contributed by atoms with Crippen molar-refractivity contribution in [3.8, 4) is 0 Å². The number of hydrogen-bond acceptors (Lipinski definition) is 6. The zero-order valence-corrected chi connectivity index (χ0v) is 13.2. The quantitative estimate of drug-likeness (QED) is 0.334. The Balaban J connectivity index is 2.07. The van der Waals surface area contributed by atoms with Gasteiger partial charge in [-0.2, -0.15) is 5.10 Å². The van der Waals surface area contributed by atoms with E-state index in [1.807, 2.05) is 30.3 Å². The molecule has 0 bridgehead atoms. The van der Waals surface area contributed by atoms with Gasteiger partial charge in [0.25, 0.3) is 5.69 Å². The van der Waals surface area contributed by atoms with Gasteiger partial charge in [0.2, 0.25) is 0 Å². The van der Waals surface area contributed by atoms with E-state index in [1.165, 1.54) is 12.1 Å². The molecule has 0 aliphatic heterocycles. The van der Waals surface area contributed by atoms with Gasteiger partial charge in [-0.15, -0.1) is 6.58 Å². The van der Waals surface area contributed by atoms with E-state index in [9.17, 15) is 20.2 Å². The van der Waals surface area contributed by atoms with Gasteiger partial charge in [-0.3, -0.25) is 25.7 Å². The monoisotopic (exact) mass is 340 g/mol. The Hall–Kier alpha value is -3.55. The summed E-state index contributed by atoms with van der Waals surface area (Å²) in [4.78, 5) is 20.4. The molecule has 0 amide bonds. The Kier molecular flexibility index (Phi) is 5.94. The summed E-state index contributed by atoms with van der Waals surface area (Å²) in [7, 11) is 0. The maximum absolute atomic E-state index is 11.0.